The summed E-state index contributed by atoms with van der Waals surface area (Å²) in [7, 11) is 0.520. The van der Waals surface area contributed by atoms with Crippen LogP contribution in [-0.2, 0) is 9.22 Å². The monoisotopic (exact) mass is 286 g/mol. The second-order valence-electron chi connectivity index (χ2n) is 5.90. The number of carbonyl (C=O) groups excluding carboxylic acids is 1. The Morgan fingerprint density at radius 1 is 1.05 bits per heavy atom. The van der Waals surface area contributed by atoms with E-state index in [-0.39, 0.29) is 11.4 Å². The summed E-state index contributed by atoms with van der Waals surface area (Å²) in [5.74, 6) is 0.525. The molecule has 0 bridgehead atoms. The lowest BCUT2D eigenvalue weighted by Gasteiger charge is -2.37. The van der Waals surface area contributed by atoms with Crippen LogP contribution in [0.3, 0.4) is 0 Å². The van der Waals surface area contributed by atoms with Gasteiger partial charge in [-0.05, 0) is 25.2 Å². The van der Waals surface area contributed by atoms with Gasteiger partial charge in [0.1, 0.15) is 0 Å². The van der Waals surface area contributed by atoms with E-state index in [0.717, 1.165) is 32.1 Å². The van der Waals surface area contributed by atoms with Gasteiger partial charge in [0.15, 0.2) is 0 Å². The van der Waals surface area contributed by atoms with Crippen molar-refractivity contribution in [3.05, 3.63) is 0 Å². The summed E-state index contributed by atoms with van der Waals surface area (Å²) in [5.41, 5.74) is -0.211. The Kier molecular flexibility index (Phi) is 10.3. The van der Waals surface area contributed by atoms with Crippen LogP contribution in [0, 0.1) is 11.3 Å². The lowest BCUT2D eigenvalue weighted by molar-refractivity contribution is -0.150. The van der Waals surface area contributed by atoms with E-state index >= 15 is 0 Å². The van der Waals surface area contributed by atoms with Crippen LogP contribution >= 0.6 is 0 Å². The Morgan fingerprint density at radius 2 is 1.63 bits per heavy atom. The third kappa shape index (κ3) is 5.68. The normalized spacial score (nSPS) is 13.5. The first-order valence-corrected chi connectivity index (χ1v) is 8.99. The van der Waals surface area contributed by atoms with E-state index in [9.17, 15) is 4.79 Å². The molecule has 1 atom stereocenters. The van der Waals surface area contributed by atoms with Crippen molar-refractivity contribution in [2.45, 2.75) is 85.5 Å². The van der Waals surface area contributed by atoms with E-state index in [2.05, 4.69) is 27.7 Å². The number of unbranched alkanes of at least 4 members (excludes halogenated alkanes) is 3. The van der Waals surface area contributed by atoms with Crippen LogP contribution < -0.4 is 0 Å². The molecule has 0 saturated carbocycles. The fourth-order valence-corrected chi connectivity index (χ4v) is 3.68. The van der Waals surface area contributed by atoms with Crippen LogP contribution in [0.4, 0.5) is 0 Å². The summed E-state index contributed by atoms with van der Waals surface area (Å²) in [5, 5.41) is 0. The van der Waals surface area contributed by atoms with Crippen molar-refractivity contribution in [3.8, 4) is 0 Å². The van der Waals surface area contributed by atoms with Crippen molar-refractivity contribution in [3.63, 3.8) is 0 Å². The standard InChI is InChI=1S/C16H34O2Si/c1-5-8-9-10-11-14(4)16(12-6-2,13-7-3)15(17)18-19/h14H,5-13H2,1-4,19H3. The van der Waals surface area contributed by atoms with Crippen LogP contribution in [0.15, 0.2) is 0 Å². The second kappa shape index (κ2) is 10.5. The maximum atomic E-state index is 12.4. The second-order valence-corrected chi connectivity index (χ2v) is 6.31. The van der Waals surface area contributed by atoms with E-state index in [0.29, 0.717) is 16.4 Å². The first-order valence-electron chi connectivity index (χ1n) is 8.17. The molecule has 2 nitrogen and oxygen atoms in total. The average molecular weight is 287 g/mol. The fraction of sp³-hybridized carbons (Fsp3) is 0.938. The molecular weight excluding hydrogens is 252 g/mol. The topological polar surface area (TPSA) is 26.3 Å². The van der Waals surface area contributed by atoms with Gasteiger partial charge in [-0.3, -0.25) is 4.79 Å². The summed E-state index contributed by atoms with van der Waals surface area (Å²) in [4.78, 5) is 12.4. The van der Waals surface area contributed by atoms with Gasteiger partial charge in [0.05, 0.1) is 5.41 Å². The Labute approximate surface area is 123 Å². The maximum absolute atomic E-state index is 12.4. The summed E-state index contributed by atoms with van der Waals surface area (Å²) < 4.78 is 5.27. The predicted molar refractivity (Wildman–Crippen MR) is 86.2 cm³/mol. The molecule has 0 spiro atoms. The van der Waals surface area contributed by atoms with Crippen molar-refractivity contribution in [1.82, 2.24) is 0 Å². The van der Waals surface area contributed by atoms with E-state index in [1.54, 1.807) is 0 Å². The fourth-order valence-electron chi connectivity index (χ4n) is 3.27. The van der Waals surface area contributed by atoms with Crippen LogP contribution in [-0.4, -0.2) is 16.5 Å². The molecule has 0 aromatic rings. The smallest absolute Gasteiger partial charge is 0.298 e. The zero-order valence-corrected chi connectivity index (χ0v) is 15.8. The van der Waals surface area contributed by atoms with Crippen LogP contribution in [0.2, 0.25) is 0 Å². The first-order chi connectivity index (χ1) is 9.08. The molecule has 0 aromatic carbocycles. The molecule has 0 rings (SSSR count). The van der Waals surface area contributed by atoms with Gasteiger partial charge >= 0.3 is 0 Å². The molecule has 0 saturated heterocycles. The van der Waals surface area contributed by atoms with Crippen LogP contribution in [0.25, 0.3) is 0 Å². The molecule has 19 heavy (non-hydrogen) atoms. The van der Waals surface area contributed by atoms with Crippen LogP contribution in [0.1, 0.15) is 85.5 Å². The molecule has 0 aliphatic rings. The number of hydrogen-bond donors (Lipinski definition) is 0. The van der Waals surface area contributed by atoms with E-state index in [4.69, 9.17) is 4.43 Å². The summed E-state index contributed by atoms with van der Waals surface area (Å²) in [6.07, 6.45) is 10.4. The van der Waals surface area contributed by atoms with Gasteiger partial charge in [-0.15, -0.1) is 0 Å². The van der Waals surface area contributed by atoms with Gasteiger partial charge < -0.3 is 4.43 Å². The van der Waals surface area contributed by atoms with Gasteiger partial charge in [0.2, 0.25) is 10.5 Å². The van der Waals surface area contributed by atoms with Crippen molar-refractivity contribution < 1.29 is 9.22 Å². The zero-order chi connectivity index (χ0) is 14.7. The molecule has 3 heteroatoms. The van der Waals surface area contributed by atoms with Crippen molar-refractivity contribution in [2.24, 2.45) is 11.3 Å². The maximum Gasteiger partial charge on any atom is 0.298 e. The minimum atomic E-state index is -0.211. The van der Waals surface area contributed by atoms with Gasteiger partial charge in [-0.2, -0.15) is 0 Å². The average Bonchev–Trinajstić information content (AvgIpc) is 2.42. The predicted octanol–water partition coefficient (Wildman–Crippen LogP) is 4.00. The minimum absolute atomic E-state index is 0.0749. The highest BCUT2D eigenvalue weighted by Gasteiger charge is 2.42. The third-order valence-corrected chi connectivity index (χ3v) is 4.79. The highest BCUT2D eigenvalue weighted by Crippen LogP contribution is 2.41. The van der Waals surface area contributed by atoms with Gasteiger partial charge in [0.25, 0.3) is 5.97 Å². The zero-order valence-electron chi connectivity index (χ0n) is 13.8. The Morgan fingerprint density at radius 3 is 2.05 bits per heavy atom. The highest BCUT2D eigenvalue weighted by atomic mass is 28.2. The highest BCUT2D eigenvalue weighted by molar-refractivity contribution is 6.06. The van der Waals surface area contributed by atoms with Crippen molar-refractivity contribution >= 4 is 16.5 Å². The molecule has 0 radical (unpaired) electrons. The van der Waals surface area contributed by atoms with E-state index in [1.807, 2.05) is 0 Å². The lowest BCUT2D eigenvalue weighted by atomic mass is 9.68. The molecule has 0 aromatic heterocycles. The molecule has 0 amide bonds. The molecule has 1 unspecified atom stereocenters. The van der Waals surface area contributed by atoms with Gasteiger partial charge in [-0.1, -0.05) is 66.2 Å². The number of hydrogen-bond acceptors (Lipinski definition) is 2. The minimum Gasteiger partial charge on any atom is -0.528 e. The first kappa shape index (κ1) is 18.7. The molecular formula is C16H34O2Si. The third-order valence-electron chi connectivity index (χ3n) is 4.42. The van der Waals surface area contributed by atoms with Gasteiger partial charge in [-0.25, -0.2) is 0 Å². The van der Waals surface area contributed by atoms with Crippen LogP contribution in [0.5, 0.6) is 0 Å². The molecule has 0 aliphatic carbocycles. The Bertz CT molecular complexity index is 235. The summed E-state index contributed by atoms with van der Waals surface area (Å²) in [6.45, 7) is 8.85. The summed E-state index contributed by atoms with van der Waals surface area (Å²) >= 11 is 0. The Hall–Kier alpha value is -0.313. The molecule has 114 valence electrons. The van der Waals surface area contributed by atoms with Crippen molar-refractivity contribution in [2.75, 3.05) is 0 Å². The Balaban J connectivity index is 4.72. The lowest BCUT2D eigenvalue weighted by Crippen LogP contribution is -2.38. The largest absolute Gasteiger partial charge is 0.528 e. The van der Waals surface area contributed by atoms with Gasteiger partial charge in [0, 0.05) is 0 Å². The molecule has 0 fully saturated rings. The summed E-state index contributed by atoms with van der Waals surface area (Å²) in [6, 6.07) is 0. The number of rotatable bonds is 11. The SMILES string of the molecule is CCCCCCC(C)C(CCC)(CCC)C(=O)O[SiH3]. The molecule has 0 aliphatic heterocycles. The molecule has 0 heterocycles. The van der Waals surface area contributed by atoms with Crippen molar-refractivity contribution in [1.29, 1.82) is 0 Å². The number of carbonyl (C=O) groups is 1. The van der Waals surface area contributed by atoms with E-state index in [1.165, 1.54) is 25.7 Å². The quantitative estimate of drug-likeness (QED) is 0.424. The molecule has 0 N–H and O–H groups in total. The van der Waals surface area contributed by atoms with E-state index < -0.39 is 0 Å².